The Balaban J connectivity index is 1.28. The topological polar surface area (TPSA) is 18.5 Å². The van der Waals surface area contributed by atoms with Crippen LogP contribution in [0.2, 0.25) is 0 Å². The van der Waals surface area contributed by atoms with Crippen molar-refractivity contribution in [2.75, 3.05) is 6.61 Å². The largest absolute Gasteiger partial charge is 0.491 e. The van der Waals surface area contributed by atoms with Crippen LogP contribution in [-0.4, -0.2) is 12.7 Å². The van der Waals surface area contributed by atoms with E-state index in [2.05, 4.69) is 6.92 Å². The first kappa shape index (κ1) is 21.0. The molecule has 3 heteroatoms. The Morgan fingerprint density at radius 3 is 2.21 bits per heavy atom. The van der Waals surface area contributed by atoms with E-state index in [9.17, 15) is 4.39 Å². The van der Waals surface area contributed by atoms with Gasteiger partial charge in [-0.3, -0.25) is 0 Å². The van der Waals surface area contributed by atoms with Crippen LogP contribution in [0, 0.1) is 29.5 Å². The van der Waals surface area contributed by atoms with Crippen LogP contribution in [0.5, 0.6) is 11.5 Å². The summed E-state index contributed by atoms with van der Waals surface area (Å²) in [7, 11) is 0. The first-order valence-electron chi connectivity index (χ1n) is 12.3. The van der Waals surface area contributed by atoms with Gasteiger partial charge in [0.25, 0.3) is 0 Å². The molecule has 0 bridgehead atoms. The van der Waals surface area contributed by atoms with Crippen molar-refractivity contribution in [3.8, 4) is 11.5 Å². The maximum absolute atomic E-state index is 14.3. The zero-order valence-electron chi connectivity index (χ0n) is 18.4. The predicted octanol–water partition coefficient (Wildman–Crippen LogP) is 7.33. The minimum atomic E-state index is -0.298. The third kappa shape index (κ3) is 4.91. The lowest BCUT2D eigenvalue weighted by molar-refractivity contribution is 0.0595. The molecule has 0 N–H and O–H groups in total. The highest BCUT2D eigenvalue weighted by molar-refractivity contribution is 5.43. The fraction of sp³-hybridized carbons (Fsp3) is 0.769. The second kappa shape index (κ2) is 9.71. The molecule has 2 fully saturated rings. The summed E-state index contributed by atoms with van der Waals surface area (Å²) in [6.07, 6.45) is 16.3. The number of rotatable bonds is 6. The van der Waals surface area contributed by atoms with Crippen LogP contribution in [0.4, 0.5) is 4.39 Å². The van der Waals surface area contributed by atoms with Crippen molar-refractivity contribution in [3.05, 3.63) is 23.5 Å². The molecule has 1 aliphatic heterocycles. The number of ether oxygens (including phenoxy) is 2. The van der Waals surface area contributed by atoms with E-state index in [1.807, 2.05) is 13.0 Å². The summed E-state index contributed by atoms with van der Waals surface area (Å²) < 4.78 is 26.0. The van der Waals surface area contributed by atoms with Gasteiger partial charge >= 0.3 is 0 Å². The van der Waals surface area contributed by atoms with Gasteiger partial charge in [-0.05, 0) is 93.6 Å². The lowest BCUT2D eigenvalue weighted by Crippen LogP contribution is -2.35. The maximum Gasteiger partial charge on any atom is 0.168 e. The molecule has 4 rings (SSSR count). The quantitative estimate of drug-likeness (QED) is 0.496. The lowest BCUT2D eigenvalue weighted by atomic mass is 9.67. The first-order chi connectivity index (χ1) is 14.2. The highest BCUT2D eigenvalue weighted by atomic mass is 19.1. The molecule has 3 aliphatic rings. The van der Waals surface area contributed by atoms with Gasteiger partial charge in [-0.2, -0.15) is 0 Å². The number of aryl methyl sites for hydroxylation is 1. The van der Waals surface area contributed by atoms with E-state index in [0.717, 1.165) is 41.9 Å². The van der Waals surface area contributed by atoms with E-state index in [0.29, 0.717) is 18.3 Å². The van der Waals surface area contributed by atoms with E-state index in [1.54, 1.807) is 6.07 Å². The highest BCUT2D eigenvalue weighted by Gasteiger charge is 2.35. The normalized spacial score (nSPS) is 32.3. The van der Waals surface area contributed by atoms with Gasteiger partial charge in [-0.25, -0.2) is 4.39 Å². The molecule has 0 saturated heterocycles. The van der Waals surface area contributed by atoms with E-state index in [1.165, 1.54) is 64.2 Å². The molecule has 2 saturated carbocycles. The molecule has 0 spiro atoms. The molecule has 29 heavy (non-hydrogen) atoms. The zero-order chi connectivity index (χ0) is 20.2. The number of hydrogen-bond acceptors (Lipinski definition) is 2. The third-order valence-electron chi connectivity index (χ3n) is 7.99. The minimum absolute atomic E-state index is 0.265. The number of benzene rings is 1. The Kier molecular flexibility index (Phi) is 7.03. The maximum atomic E-state index is 14.3. The van der Waals surface area contributed by atoms with Gasteiger partial charge in [0.1, 0.15) is 11.9 Å². The van der Waals surface area contributed by atoms with Crippen LogP contribution in [0.3, 0.4) is 0 Å². The van der Waals surface area contributed by atoms with Crippen molar-refractivity contribution in [1.29, 1.82) is 0 Å². The first-order valence-corrected chi connectivity index (χ1v) is 12.3. The van der Waals surface area contributed by atoms with Crippen molar-refractivity contribution in [2.24, 2.45) is 23.7 Å². The van der Waals surface area contributed by atoms with Crippen molar-refractivity contribution in [3.63, 3.8) is 0 Å². The summed E-state index contributed by atoms with van der Waals surface area (Å²) in [6.45, 7) is 4.70. The predicted molar refractivity (Wildman–Crippen MR) is 116 cm³/mol. The number of hydrogen-bond donors (Lipinski definition) is 0. The van der Waals surface area contributed by atoms with Crippen molar-refractivity contribution in [2.45, 2.75) is 97.0 Å². The standard InChI is InChI=1S/C26H39FO2/c1-3-5-18-6-8-19(9-7-18)20-10-12-21(13-11-20)24-15-14-22-16-26(28-4-2)23(27)17-25(22)29-24/h16-21,24H,3-15H2,1-2H3. The van der Waals surface area contributed by atoms with E-state index < -0.39 is 0 Å². The van der Waals surface area contributed by atoms with Crippen LogP contribution < -0.4 is 9.47 Å². The number of fused-ring (bicyclic) bond motifs is 1. The lowest BCUT2D eigenvalue weighted by Gasteiger charge is -2.40. The monoisotopic (exact) mass is 402 g/mol. The van der Waals surface area contributed by atoms with Crippen molar-refractivity contribution < 1.29 is 13.9 Å². The van der Waals surface area contributed by atoms with E-state index >= 15 is 0 Å². The zero-order valence-corrected chi connectivity index (χ0v) is 18.4. The molecule has 162 valence electrons. The molecule has 2 nitrogen and oxygen atoms in total. The summed E-state index contributed by atoms with van der Waals surface area (Å²) in [5, 5.41) is 0. The van der Waals surface area contributed by atoms with Gasteiger partial charge < -0.3 is 9.47 Å². The fourth-order valence-electron chi connectivity index (χ4n) is 6.34. The Hall–Kier alpha value is -1.25. The van der Waals surface area contributed by atoms with Crippen LogP contribution >= 0.6 is 0 Å². The summed E-state index contributed by atoms with van der Waals surface area (Å²) in [5.74, 6) is 4.38. The molecule has 1 unspecified atom stereocenters. The van der Waals surface area contributed by atoms with Gasteiger partial charge in [0.15, 0.2) is 11.6 Å². The average molecular weight is 403 g/mol. The molecule has 1 aromatic rings. The minimum Gasteiger partial charge on any atom is -0.491 e. The summed E-state index contributed by atoms with van der Waals surface area (Å²) in [4.78, 5) is 0. The second-order valence-corrected chi connectivity index (χ2v) is 9.76. The highest BCUT2D eigenvalue weighted by Crippen LogP contribution is 2.44. The molecule has 0 radical (unpaired) electrons. The molecule has 0 aromatic heterocycles. The average Bonchev–Trinajstić information content (AvgIpc) is 2.75. The summed E-state index contributed by atoms with van der Waals surface area (Å²) in [6, 6.07) is 3.39. The molecule has 1 atom stereocenters. The van der Waals surface area contributed by atoms with Gasteiger partial charge in [0.2, 0.25) is 0 Å². The Labute approximate surface area is 176 Å². The van der Waals surface area contributed by atoms with Gasteiger partial charge in [-0.1, -0.05) is 32.6 Å². The van der Waals surface area contributed by atoms with Gasteiger partial charge in [-0.15, -0.1) is 0 Å². The van der Waals surface area contributed by atoms with Gasteiger partial charge in [0, 0.05) is 6.07 Å². The Morgan fingerprint density at radius 2 is 1.55 bits per heavy atom. The summed E-state index contributed by atoms with van der Waals surface area (Å²) in [5.41, 5.74) is 1.10. The molecule has 2 aliphatic carbocycles. The van der Waals surface area contributed by atoms with Crippen LogP contribution in [-0.2, 0) is 6.42 Å². The molecule has 1 aromatic carbocycles. The molecule has 1 heterocycles. The SMILES string of the molecule is CCCC1CCC(C2CCC(C3CCc4cc(OCC)c(F)cc4O3)CC2)CC1. The summed E-state index contributed by atoms with van der Waals surface area (Å²) >= 11 is 0. The second-order valence-electron chi connectivity index (χ2n) is 9.76. The van der Waals surface area contributed by atoms with Crippen molar-refractivity contribution in [1.82, 2.24) is 0 Å². The Bertz CT molecular complexity index is 657. The third-order valence-corrected chi connectivity index (χ3v) is 7.99. The fourth-order valence-corrected chi connectivity index (χ4v) is 6.34. The van der Waals surface area contributed by atoms with E-state index in [4.69, 9.17) is 9.47 Å². The molecular formula is C26H39FO2. The van der Waals surface area contributed by atoms with E-state index in [-0.39, 0.29) is 11.9 Å². The molecular weight excluding hydrogens is 363 g/mol. The van der Waals surface area contributed by atoms with Gasteiger partial charge in [0.05, 0.1) is 6.61 Å². The molecule has 0 amide bonds. The van der Waals surface area contributed by atoms with Crippen LogP contribution in [0.25, 0.3) is 0 Å². The Morgan fingerprint density at radius 1 is 0.897 bits per heavy atom. The smallest absolute Gasteiger partial charge is 0.168 e. The number of halogens is 1. The van der Waals surface area contributed by atoms with Crippen LogP contribution in [0.15, 0.2) is 12.1 Å². The van der Waals surface area contributed by atoms with Crippen molar-refractivity contribution >= 4 is 0 Å². The van der Waals surface area contributed by atoms with Crippen LogP contribution in [0.1, 0.15) is 90.0 Å².